The minimum atomic E-state index is 0.211. The van der Waals surface area contributed by atoms with Crippen molar-refractivity contribution in [1.82, 2.24) is 5.32 Å². The Balaban J connectivity index is 2.32. The SMILES string of the molecule is CC(C)NC(c1ccc(N(C)C)cc1)c1ccc(N(C)C)cc1. The zero-order chi connectivity index (χ0) is 17.0. The van der Waals surface area contributed by atoms with Gasteiger partial charge in [0.1, 0.15) is 0 Å². The van der Waals surface area contributed by atoms with Gasteiger partial charge in [-0.25, -0.2) is 0 Å². The molecular weight excluding hydrogens is 282 g/mol. The Morgan fingerprint density at radius 3 is 1.26 bits per heavy atom. The van der Waals surface area contributed by atoms with Crippen molar-refractivity contribution in [1.29, 1.82) is 0 Å². The van der Waals surface area contributed by atoms with Crippen LogP contribution in [0.2, 0.25) is 0 Å². The topological polar surface area (TPSA) is 18.5 Å². The smallest absolute Gasteiger partial charge is 0.0578 e. The Morgan fingerprint density at radius 1 is 0.652 bits per heavy atom. The third-order valence-electron chi connectivity index (χ3n) is 3.99. The molecular formula is C20H29N3. The molecule has 2 rings (SSSR count). The number of nitrogens with one attached hydrogen (secondary N) is 1. The van der Waals surface area contributed by atoms with Crippen LogP contribution < -0.4 is 15.1 Å². The van der Waals surface area contributed by atoms with Crippen LogP contribution in [0.25, 0.3) is 0 Å². The van der Waals surface area contributed by atoms with E-state index >= 15 is 0 Å². The molecule has 0 bridgehead atoms. The molecule has 0 aliphatic carbocycles. The third kappa shape index (κ3) is 4.49. The van der Waals surface area contributed by atoms with E-state index < -0.39 is 0 Å². The van der Waals surface area contributed by atoms with E-state index in [0.717, 1.165) is 0 Å². The number of rotatable bonds is 6. The van der Waals surface area contributed by atoms with Crippen molar-refractivity contribution in [2.45, 2.75) is 25.9 Å². The zero-order valence-electron chi connectivity index (χ0n) is 15.2. The largest absolute Gasteiger partial charge is 0.378 e. The maximum Gasteiger partial charge on any atom is 0.0578 e. The Morgan fingerprint density at radius 2 is 1.00 bits per heavy atom. The Kier molecular flexibility index (Phi) is 5.67. The molecule has 0 spiro atoms. The van der Waals surface area contributed by atoms with Crippen molar-refractivity contribution in [2.75, 3.05) is 38.0 Å². The maximum absolute atomic E-state index is 3.68. The maximum atomic E-state index is 3.68. The molecule has 0 amide bonds. The second-order valence-electron chi connectivity index (χ2n) is 6.73. The van der Waals surface area contributed by atoms with E-state index in [4.69, 9.17) is 0 Å². The Labute approximate surface area is 140 Å². The molecule has 0 saturated carbocycles. The summed E-state index contributed by atoms with van der Waals surface area (Å²) in [6, 6.07) is 18.2. The summed E-state index contributed by atoms with van der Waals surface area (Å²) in [5.74, 6) is 0. The van der Waals surface area contributed by atoms with Gasteiger partial charge in [-0.3, -0.25) is 0 Å². The first-order chi connectivity index (χ1) is 10.9. The highest BCUT2D eigenvalue weighted by atomic mass is 15.1. The van der Waals surface area contributed by atoms with E-state index in [9.17, 15) is 0 Å². The second kappa shape index (κ2) is 7.51. The molecule has 0 unspecified atom stereocenters. The summed E-state index contributed by atoms with van der Waals surface area (Å²) in [5, 5.41) is 3.68. The predicted octanol–water partition coefficient (Wildman–Crippen LogP) is 3.91. The molecule has 1 N–H and O–H groups in total. The average molecular weight is 311 g/mol. The lowest BCUT2D eigenvalue weighted by atomic mass is 9.97. The molecule has 2 aromatic rings. The molecule has 0 aliphatic rings. The molecule has 3 heteroatoms. The highest BCUT2D eigenvalue weighted by molar-refractivity contribution is 5.50. The van der Waals surface area contributed by atoms with Crippen LogP contribution in [0.4, 0.5) is 11.4 Å². The molecule has 0 atom stereocenters. The molecule has 23 heavy (non-hydrogen) atoms. The number of hydrogen-bond acceptors (Lipinski definition) is 3. The highest BCUT2D eigenvalue weighted by Crippen LogP contribution is 2.26. The van der Waals surface area contributed by atoms with Crippen molar-refractivity contribution in [3.63, 3.8) is 0 Å². The van der Waals surface area contributed by atoms with Gasteiger partial charge in [0.15, 0.2) is 0 Å². The van der Waals surface area contributed by atoms with Gasteiger partial charge in [0.2, 0.25) is 0 Å². The highest BCUT2D eigenvalue weighted by Gasteiger charge is 2.15. The fourth-order valence-electron chi connectivity index (χ4n) is 2.65. The van der Waals surface area contributed by atoms with Crippen molar-refractivity contribution in [2.24, 2.45) is 0 Å². The summed E-state index contributed by atoms with van der Waals surface area (Å²) < 4.78 is 0. The number of benzene rings is 2. The van der Waals surface area contributed by atoms with Crippen LogP contribution in [0.5, 0.6) is 0 Å². The molecule has 3 nitrogen and oxygen atoms in total. The van der Waals surface area contributed by atoms with E-state index in [2.05, 4.69) is 106 Å². The van der Waals surface area contributed by atoms with Gasteiger partial charge in [0, 0.05) is 45.6 Å². The lowest BCUT2D eigenvalue weighted by Crippen LogP contribution is -2.29. The fourth-order valence-corrected chi connectivity index (χ4v) is 2.65. The quantitative estimate of drug-likeness (QED) is 0.872. The van der Waals surface area contributed by atoms with Gasteiger partial charge in [-0.05, 0) is 49.2 Å². The first kappa shape index (κ1) is 17.4. The molecule has 0 fully saturated rings. The first-order valence-electron chi connectivity index (χ1n) is 8.19. The average Bonchev–Trinajstić information content (AvgIpc) is 2.52. The van der Waals surface area contributed by atoms with E-state index in [1.165, 1.54) is 22.5 Å². The van der Waals surface area contributed by atoms with Crippen LogP contribution in [0.3, 0.4) is 0 Å². The van der Waals surface area contributed by atoms with Gasteiger partial charge in [0.25, 0.3) is 0 Å². The van der Waals surface area contributed by atoms with Crippen LogP contribution in [-0.2, 0) is 0 Å². The molecule has 0 heterocycles. The standard InChI is InChI=1S/C20H29N3/c1-15(2)21-20(16-7-11-18(12-8-16)22(3)4)17-9-13-19(14-10-17)23(5)6/h7-15,20-21H,1-6H3. The van der Waals surface area contributed by atoms with Gasteiger partial charge >= 0.3 is 0 Å². The van der Waals surface area contributed by atoms with Crippen LogP contribution in [0.15, 0.2) is 48.5 Å². The minimum absolute atomic E-state index is 0.211. The molecule has 0 radical (unpaired) electrons. The van der Waals surface area contributed by atoms with E-state index in [1.807, 2.05) is 0 Å². The predicted molar refractivity (Wildman–Crippen MR) is 102 cm³/mol. The van der Waals surface area contributed by atoms with Crippen LogP contribution in [0.1, 0.15) is 31.0 Å². The van der Waals surface area contributed by atoms with Crippen LogP contribution in [0, 0.1) is 0 Å². The lowest BCUT2D eigenvalue weighted by molar-refractivity contribution is 0.529. The van der Waals surface area contributed by atoms with E-state index in [1.54, 1.807) is 0 Å². The van der Waals surface area contributed by atoms with Crippen molar-refractivity contribution in [3.05, 3.63) is 59.7 Å². The summed E-state index contributed by atoms with van der Waals surface area (Å²) in [5.41, 5.74) is 5.03. The van der Waals surface area contributed by atoms with Crippen molar-refractivity contribution in [3.8, 4) is 0 Å². The van der Waals surface area contributed by atoms with Crippen LogP contribution >= 0.6 is 0 Å². The van der Waals surface area contributed by atoms with Crippen molar-refractivity contribution < 1.29 is 0 Å². The van der Waals surface area contributed by atoms with Crippen molar-refractivity contribution >= 4 is 11.4 Å². The molecule has 124 valence electrons. The summed E-state index contributed by atoms with van der Waals surface area (Å²) in [7, 11) is 8.27. The third-order valence-corrected chi connectivity index (χ3v) is 3.99. The molecule has 0 saturated heterocycles. The lowest BCUT2D eigenvalue weighted by Gasteiger charge is -2.24. The summed E-state index contributed by atoms with van der Waals surface area (Å²) in [6.07, 6.45) is 0. The van der Waals surface area contributed by atoms with E-state index in [-0.39, 0.29) is 6.04 Å². The number of anilines is 2. The Hall–Kier alpha value is -2.00. The molecule has 2 aromatic carbocycles. The van der Waals surface area contributed by atoms with Gasteiger partial charge in [-0.15, -0.1) is 0 Å². The zero-order valence-corrected chi connectivity index (χ0v) is 15.2. The van der Waals surface area contributed by atoms with Gasteiger partial charge < -0.3 is 15.1 Å². The van der Waals surface area contributed by atoms with Gasteiger partial charge in [-0.2, -0.15) is 0 Å². The van der Waals surface area contributed by atoms with Gasteiger partial charge in [-0.1, -0.05) is 24.3 Å². The first-order valence-corrected chi connectivity index (χ1v) is 8.19. The summed E-state index contributed by atoms with van der Waals surface area (Å²) in [4.78, 5) is 4.25. The van der Waals surface area contributed by atoms with Crippen LogP contribution in [-0.4, -0.2) is 34.2 Å². The molecule has 0 aromatic heterocycles. The minimum Gasteiger partial charge on any atom is -0.378 e. The van der Waals surface area contributed by atoms with E-state index in [0.29, 0.717) is 6.04 Å². The summed E-state index contributed by atoms with van der Waals surface area (Å²) >= 11 is 0. The second-order valence-corrected chi connectivity index (χ2v) is 6.73. The number of nitrogens with zero attached hydrogens (tertiary/aromatic N) is 2. The summed E-state index contributed by atoms with van der Waals surface area (Å²) in [6.45, 7) is 4.38. The fraction of sp³-hybridized carbons (Fsp3) is 0.400. The van der Waals surface area contributed by atoms with Gasteiger partial charge in [0.05, 0.1) is 6.04 Å². The normalized spacial score (nSPS) is 11.1. The number of hydrogen-bond donors (Lipinski definition) is 1. The Bertz CT molecular complexity index is 546. The monoisotopic (exact) mass is 311 g/mol. The molecule has 0 aliphatic heterocycles.